The fraction of sp³-hybridized carbons (Fsp3) is 0.167. The summed E-state index contributed by atoms with van der Waals surface area (Å²) in [5.74, 6) is -0.623. The highest BCUT2D eigenvalue weighted by atomic mass is 16.5. The summed E-state index contributed by atoms with van der Waals surface area (Å²) in [6.07, 6.45) is 0.639. The van der Waals surface area contributed by atoms with E-state index in [4.69, 9.17) is 15.6 Å². The largest absolute Gasteiger partial charge is 0.478 e. The number of carboxylic acid groups (broad SMARTS) is 1. The molecule has 2 aromatic rings. The van der Waals surface area contributed by atoms with Crippen molar-refractivity contribution >= 4 is 16.9 Å². The van der Waals surface area contributed by atoms with Gasteiger partial charge in [-0.2, -0.15) is 0 Å². The molecule has 0 radical (unpaired) electrons. The van der Waals surface area contributed by atoms with Crippen molar-refractivity contribution in [1.82, 2.24) is 4.98 Å². The molecule has 0 fully saturated rings. The molecule has 3 N–H and O–H groups in total. The number of carbonyl (C=O) groups is 1. The van der Waals surface area contributed by atoms with Crippen LogP contribution in [0.25, 0.3) is 10.9 Å². The molecule has 1 aromatic heterocycles. The first-order valence-electron chi connectivity index (χ1n) is 5.15. The Labute approximate surface area is 97.8 Å². The number of nitrogens with two attached hydrogens (primary N) is 1. The van der Waals surface area contributed by atoms with E-state index in [2.05, 4.69) is 4.98 Å². The third-order valence-corrected chi connectivity index (χ3v) is 2.35. The molecular formula is C12H12N2O3. The Balaban J connectivity index is 2.27. The molecule has 0 aliphatic rings. The Morgan fingerprint density at radius 1 is 1.47 bits per heavy atom. The minimum Gasteiger partial charge on any atom is -0.478 e. The summed E-state index contributed by atoms with van der Waals surface area (Å²) >= 11 is 0. The molecule has 1 heterocycles. The zero-order chi connectivity index (χ0) is 12.3. The van der Waals surface area contributed by atoms with E-state index < -0.39 is 12.1 Å². The molecule has 0 aliphatic heterocycles. The van der Waals surface area contributed by atoms with Crippen molar-refractivity contribution in [2.75, 3.05) is 6.54 Å². The number of benzene rings is 1. The number of carboxylic acids is 1. The second kappa shape index (κ2) is 4.80. The monoisotopic (exact) mass is 232 g/mol. The van der Waals surface area contributed by atoms with Crippen LogP contribution in [-0.4, -0.2) is 28.7 Å². The van der Waals surface area contributed by atoms with E-state index in [1.165, 1.54) is 0 Å². The van der Waals surface area contributed by atoms with Gasteiger partial charge < -0.3 is 15.6 Å². The van der Waals surface area contributed by atoms with Gasteiger partial charge in [-0.15, -0.1) is 0 Å². The molecule has 2 rings (SSSR count). The van der Waals surface area contributed by atoms with Crippen molar-refractivity contribution in [3.63, 3.8) is 0 Å². The molecule has 5 heteroatoms. The standard InChI is InChI=1S/C12H12N2O3/c13-7-11(12(15)16)17-9-4-3-8-2-1-5-14-10(8)6-9/h1-6,11H,7,13H2,(H,15,16). The van der Waals surface area contributed by atoms with Crippen molar-refractivity contribution in [3.8, 4) is 5.75 Å². The third-order valence-electron chi connectivity index (χ3n) is 2.35. The van der Waals surface area contributed by atoms with E-state index >= 15 is 0 Å². The SMILES string of the molecule is NCC(Oc1ccc2cccnc2c1)C(=O)O. The fourth-order valence-corrected chi connectivity index (χ4v) is 1.48. The maximum absolute atomic E-state index is 10.8. The Hall–Kier alpha value is -2.14. The van der Waals surface area contributed by atoms with Crippen LogP contribution in [0.1, 0.15) is 0 Å². The van der Waals surface area contributed by atoms with Crippen LogP contribution in [0.2, 0.25) is 0 Å². The van der Waals surface area contributed by atoms with Gasteiger partial charge in [-0.25, -0.2) is 4.79 Å². The molecule has 0 bridgehead atoms. The second-order valence-electron chi connectivity index (χ2n) is 3.54. The minimum absolute atomic E-state index is 0.0738. The molecule has 0 saturated carbocycles. The predicted octanol–water partition coefficient (Wildman–Crippen LogP) is 1.03. The zero-order valence-corrected chi connectivity index (χ0v) is 9.04. The first-order chi connectivity index (χ1) is 8.20. The van der Waals surface area contributed by atoms with Gasteiger partial charge in [0, 0.05) is 24.2 Å². The lowest BCUT2D eigenvalue weighted by atomic mass is 10.2. The molecule has 5 nitrogen and oxygen atoms in total. The van der Waals surface area contributed by atoms with Gasteiger partial charge in [-0.1, -0.05) is 6.07 Å². The summed E-state index contributed by atoms with van der Waals surface area (Å²) in [5, 5.41) is 9.80. The highest BCUT2D eigenvalue weighted by molar-refractivity contribution is 5.80. The number of aromatic nitrogens is 1. The third kappa shape index (κ3) is 2.51. The van der Waals surface area contributed by atoms with Gasteiger partial charge in [-0.05, 0) is 18.2 Å². The van der Waals surface area contributed by atoms with Crippen molar-refractivity contribution in [2.24, 2.45) is 5.73 Å². The van der Waals surface area contributed by atoms with Crippen molar-refractivity contribution in [2.45, 2.75) is 6.10 Å². The summed E-state index contributed by atoms with van der Waals surface area (Å²) < 4.78 is 5.27. The van der Waals surface area contributed by atoms with Crippen LogP contribution in [0, 0.1) is 0 Å². The normalized spacial score (nSPS) is 12.3. The van der Waals surface area contributed by atoms with Gasteiger partial charge in [0.2, 0.25) is 6.10 Å². The van der Waals surface area contributed by atoms with Crippen LogP contribution in [0.3, 0.4) is 0 Å². The Bertz CT molecular complexity index is 542. The van der Waals surface area contributed by atoms with Crippen LogP contribution >= 0.6 is 0 Å². The molecule has 1 aromatic carbocycles. The van der Waals surface area contributed by atoms with E-state index in [9.17, 15) is 4.79 Å². The molecule has 1 unspecified atom stereocenters. The number of aliphatic carboxylic acids is 1. The number of pyridine rings is 1. The van der Waals surface area contributed by atoms with Gasteiger partial charge in [-0.3, -0.25) is 4.98 Å². The smallest absolute Gasteiger partial charge is 0.346 e. The molecular weight excluding hydrogens is 220 g/mol. The van der Waals surface area contributed by atoms with Gasteiger partial charge in [0.1, 0.15) is 5.75 Å². The number of fused-ring (bicyclic) bond motifs is 1. The predicted molar refractivity (Wildman–Crippen MR) is 62.8 cm³/mol. The first-order valence-corrected chi connectivity index (χ1v) is 5.15. The second-order valence-corrected chi connectivity index (χ2v) is 3.54. The van der Waals surface area contributed by atoms with Crippen LogP contribution in [0.15, 0.2) is 36.5 Å². The molecule has 1 atom stereocenters. The molecule has 17 heavy (non-hydrogen) atoms. The van der Waals surface area contributed by atoms with Gasteiger partial charge in [0.05, 0.1) is 5.52 Å². The molecule has 0 spiro atoms. The highest BCUT2D eigenvalue weighted by Crippen LogP contribution is 2.19. The lowest BCUT2D eigenvalue weighted by Crippen LogP contribution is -2.34. The molecule has 0 aliphatic carbocycles. The highest BCUT2D eigenvalue weighted by Gasteiger charge is 2.17. The molecule has 0 saturated heterocycles. The summed E-state index contributed by atoms with van der Waals surface area (Å²) in [5.41, 5.74) is 6.07. The van der Waals surface area contributed by atoms with E-state index in [1.807, 2.05) is 18.2 Å². The Morgan fingerprint density at radius 3 is 3.00 bits per heavy atom. The van der Waals surface area contributed by atoms with E-state index in [0.29, 0.717) is 5.75 Å². The topological polar surface area (TPSA) is 85.4 Å². The number of hydrogen-bond donors (Lipinski definition) is 2. The van der Waals surface area contributed by atoms with Crippen LogP contribution in [0.5, 0.6) is 5.75 Å². The summed E-state index contributed by atoms with van der Waals surface area (Å²) in [7, 11) is 0. The lowest BCUT2D eigenvalue weighted by Gasteiger charge is -2.13. The summed E-state index contributed by atoms with van der Waals surface area (Å²) in [6.45, 7) is -0.0738. The average Bonchev–Trinajstić information content (AvgIpc) is 2.35. The van der Waals surface area contributed by atoms with E-state index in [0.717, 1.165) is 10.9 Å². The molecule has 88 valence electrons. The Morgan fingerprint density at radius 2 is 2.29 bits per heavy atom. The summed E-state index contributed by atoms with van der Waals surface area (Å²) in [6, 6.07) is 8.98. The maximum atomic E-state index is 10.8. The number of hydrogen-bond acceptors (Lipinski definition) is 4. The quantitative estimate of drug-likeness (QED) is 0.822. The van der Waals surface area contributed by atoms with Crippen LogP contribution in [0.4, 0.5) is 0 Å². The average molecular weight is 232 g/mol. The first kappa shape index (κ1) is 11.3. The number of rotatable bonds is 4. The summed E-state index contributed by atoms with van der Waals surface area (Å²) in [4.78, 5) is 14.9. The zero-order valence-electron chi connectivity index (χ0n) is 9.04. The van der Waals surface area contributed by atoms with Crippen LogP contribution in [-0.2, 0) is 4.79 Å². The van der Waals surface area contributed by atoms with Crippen LogP contribution < -0.4 is 10.5 Å². The van der Waals surface area contributed by atoms with Crippen molar-refractivity contribution < 1.29 is 14.6 Å². The van der Waals surface area contributed by atoms with Crippen molar-refractivity contribution in [3.05, 3.63) is 36.5 Å². The lowest BCUT2D eigenvalue weighted by molar-refractivity contribution is -0.144. The maximum Gasteiger partial charge on any atom is 0.346 e. The number of ether oxygens (including phenoxy) is 1. The Kier molecular flexibility index (Phi) is 3.20. The molecule has 0 amide bonds. The van der Waals surface area contributed by atoms with E-state index in [1.54, 1.807) is 18.3 Å². The van der Waals surface area contributed by atoms with Gasteiger partial charge in [0.15, 0.2) is 0 Å². The van der Waals surface area contributed by atoms with Crippen molar-refractivity contribution in [1.29, 1.82) is 0 Å². The van der Waals surface area contributed by atoms with Gasteiger partial charge >= 0.3 is 5.97 Å². The van der Waals surface area contributed by atoms with E-state index in [-0.39, 0.29) is 6.54 Å². The minimum atomic E-state index is -1.08. The van der Waals surface area contributed by atoms with Gasteiger partial charge in [0.25, 0.3) is 0 Å². The number of nitrogens with zero attached hydrogens (tertiary/aromatic N) is 1. The fourth-order valence-electron chi connectivity index (χ4n) is 1.48.